The van der Waals surface area contributed by atoms with E-state index in [9.17, 15) is 4.79 Å². The summed E-state index contributed by atoms with van der Waals surface area (Å²) in [5, 5.41) is 9.16. The van der Waals surface area contributed by atoms with Gasteiger partial charge in [0.15, 0.2) is 5.96 Å². The zero-order valence-electron chi connectivity index (χ0n) is 15.2. The molecule has 0 spiro atoms. The van der Waals surface area contributed by atoms with E-state index in [1.807, 2.05) is 29.3 Å². The van der Waals surface area contributed by atoms with Crippen LogP contribution in [0.4, 0.5) is 0 Å². The average molecular weight is 467 g/mol. The maximum atomic E-state index is 11.4. The number of aliphatic imine (C=N–C) groups is 1. The van der Waals surface area contributed by atoms with Crippen LogP contribution in [0.2, 0.25) is 0 Å². The van der Waals surface area contributed by atoms with E-state index in [1.54, 1.807) is 14.0 Å². The molecule has 2 N–H and O–H groups in total. The minimum absolute atomic E-state index is 0. The molecule has 1 aromatic heterocycles. The lowest BCUT2D eigenvalue weighted by atomic mass is 10.1. The average Bonchev–Trinajstić information content (AvgIpc) is 2.65. The maximum Gasteiger partial charge on any atom is 0.219 e. The molecule has 0 saturated carbocycles. The van der Waals surface area contributed by atoms with Crippen LogP contribution >= 0.6 is 24.0 Å². The predicted octanol–water partition coefficient (Wildman–Crippen LogP) is 2.53. The van der Waals surface area contributed by atoms with Crippen molar-refractivity contribution < 1.29 is 4.79 Å². The molecule has 0 aliphatic carbocycles. The summed E-state index contributed by atoms with van der Waals surface area (Å²) in [6.45, 7) is 3.85. The molecule has 1 amide bonds. The Bertz CT molecular complexity index is 766. The molecule has 7 heteroatoms. The highest BCUT2D eigenvalue weighted by Gasteiger charge is 2.21. The molecule has 1 aliphatic rings. The van der Waals surface area contributed by atoms with Gasteiger partial charge in [0.1, 0.15) is 0 Å². The third-order valence-corrected chi connectivity index (χ3v) is 4.68. The lowest BCUT2D eigenvalue weighted by molar-refractivity contribution is -0.129. The number of halogens is 1. The van der Waals surface area contributed by atoms with Crippen LogP contribution < -0.4 is 10.6 Å². The fraction of sp³-hybridized carbons (Fsp3) is 0.421. The van der Waals surface area contributed by atoms with Crippen molar-refractivity contribution in [1.82, 2.24) is 20.5 Å². The highest BCUT2D eigenvalue weighted by molar-refractivity contribution is 14.0. The van der Waals surface area contributed by atoms with Crippen molar-refractivity contribution in [2.24, 2.45) is 4.99 Å². The molecule has 2 heterocycles. The molecule has 1 aliphatic heterocycles. The first-order valence-electron chi connectivity index (χ1n) is 8.72. The van der Waals surface area contributed by atoms with Crippen molar-refractivity contribution >= 4 is 46.6 Å². The van der Waals surface area contributed by atoms with Gasteiger partial charge >= 0.3 is 0 Å². The number of hydrogen-bond acceptors (Lipinski definition) is 3. The first kappa shape index (κ1) is 20.4. The number of likely N-dealkylation sites (tertiary alicyclic amines) is 1. The number of fused-ring (bicyclic) bond motifs is 1. The van der Waals surface area contributed by atoms with E-state index in [0.29, 0.717) is 12.6 Å². The number of carbonyl (C=O) groups excluding carboxylic acids is 1. The smallest absolute Gasteiger partial charge is 0.219 e. The molecule has 0 atom stereocenters. The number of nitrogens with zero attached hydrogens (tertiary/aromatic N) is 3. The van der Waals surface area contributed by atoms with Crippen LogP contribution in [0.5, 0.6) is 0 Å². The van der Waals surface area contributed by atoms with Gasteiger partial charge in [-0.15, -0.1) is 24.0 Å². The Morgan fingerprint density at radius 1 is 1.27 bits per heavy atom. The Kier molecular flexibility index (Phi) is 7.62. The molecule has 26 heavy (non-hydrogen) atoms. The Hall–Kier alpha value is -1.90. The minimum Gasteiger partial charge on any atom is -0.354 e. The van der Waals surface area contributed by atoms with Gasteiger partial charge in [-0.3, -0.25) is 14.8 Å². The van der Waals surface area contributed by atoms with Gasteiger partial charge in [0.05, 0.1) is 12.2 Å². The van der Waals surface area contributed by atoms with Crippen LogP contribution in [0.15, 0.2) is 41.5 Å². The summed E-state index contributed by atoms with van der Waals surface area (Å²) >= 11 is 0. The number of aromatic nitrogens is 1. The number of carbonyl (C=O) groups is 1. The zero-order chi connectivity index (χ0) is 17.6. The number of rotatable bonds is 3. The molecular weight excluding hydrogens is 441 g/mol. The van der Waals surface area contributed by atoms with E-state index in [4.69, 9.17) is 0 Å². The number of nitrogens with one attached hydrogen (secondary N) is 2. The number of guanidine groups is 1. The fourth-order valence-electron chi connectivity index (χ4n) is 3.22. The van der Waals surface area contributed by atoms with Crippen molar-refractivity contribution in [3.8, 4) is 0 Å². The van der Waals surface area contributed by atoms with Gasteiger partial charge in [-0.1, -0.05) is 24.3 Å². The summed E-state index contributed by atoms with van der Waals surface area (Å²) in [7, 11) is 1.77. The first-order chi connectivity index (χ1) is 12.2. The van der Waals surface area contributed by atoms with Gasteiger partial charge in [-0.25, -0.2) is 0 Å². The van der Waals surface area contributed by atoms with E-state index < -0.39 is 0 Å². The van der Waals surface area contributed by atoms with Crippen molar-refractivity contribution in [2.45, 2.75) is 32.4 Å². The van der Waals surface area contributed by atoms with Gasteiger partial charge in [0, 0.05) is 44.7 Å². The van der Waals surface area contributed by atoms with Crippen LogP contribution in [-0.2, 0) is 11.3 Å². The number of piperidine rings is 1. The normalized spacial score (nSPS) is 15.5. The summed E-state index contributed by atoms with van der Waals surface area (Å²) in [6, 6.07) is 10.6. The van der Waals surface area contributed by atoms with Crippen LogP contribution in [0, 0.1) is 0 Å². The molecule has 1 saturated heterocycles. The lowest BCUT2D eigenvalue weighted by Gasteiger charge is -2.32. The van der Waals surface area contributed by atoms with Crippen molar-refractivity contribution in [3.63, 3.8) is 0 Å². The van der Waals surface area contributed by atoms with Gasteiger partial charge < -0.3 is 15.5 Å². The van der Waals surface area contributed by atoms with E-state index >= 15 is 0 Å². The van der Waals surface area contributed by atoms with Crippen LogP contribution in [0.1, 0.15) is 25.5 Å². The zero-order valence-corrected chi connectivity index (χ0v) is 17.6. The number of hydrogen-bond donors (Lipinski definition) is 2. The topological polar surface area (TPSA) is 69.6 Å². The molecule has 3 rings (SSSR count). The standard InChI is InChI=1S/C19H25N5O.HI/c1-14(25)24-11-8-16(9-12-24)23-19(20-2)22-13-18-17-6-4-3-5-15(17)7-10-21-18;/h3-7,10,16H,8-9,11-13H2,1-2H3,(H2,20,22,23);1H. The van der Waals surface area contributed by atoms with Crippen molar-refractivity contribution in [2.75, 3.05) is 20.1 Å². The molecule has 140 valence electrons. The second-order valence-corrected chi connectivity index (χ2v) is 6.33. The molecular formula is C19H26IN5O. The van der Waals surface area contributed by atoms with Gasteiger partial charge in [-0.05, 0) is 24.3 Å². The van der Waals surface area contributed by atoms with Crippen LogP contribution in [0.3, 0.4) is 0 Å². The second kappa shape index (κ2) is 9.70. The third-order valence-electron chi connectivity index (χ3n) is 4.68. The molecule has 2 aromatic rings. The highest BCUT2D eigenvalue weighted by atomic mass is 127. The maximum absolute atomic E-state index is 11.4. The predicted molar refractivity (Wildman–Crippen MR) is 116 cm³/mol. The van der Waals surface area contributed by atoms with Gasteiger partial charge in [0.25, 0.3) is 0 Å². The Morgan fingerprint density at radius 2 is 2.00 bits per heavy atom. The van der Waals surface area contributed by atoms with E-state index in [1.165, 1.54) is 5.39 Å². The summed E-state index contributed by atoms with van der Waals surface area (Å²) in [6.07, 6.45) is 3.71. The second-order valence-electron chi connectivity index (χ2n) is 6.33. The van der Waals surface area contributed by atoms with Crippen molar-refractivity contribution in [3.05, 3.63) is 42.2 Å². The number of pyridine rings is 1. The van der Waals surface area contributed by atoms with Gasteiger partial charge in [-0.2, -0.15) is 0 Å². The lowest BCUT2D eigenvalue weighted by Crippen LogP contribution is -2.49. The molecule has 0 radical (unpaired) electrons. The molecule has 6 nitrogen and oxygen atoms in total. The largest absolute Gasteiger partial charge is 0.354 e. The van der Waals surface area contributed by atoms with Crippen LogP contribution in [-0.4, -0.2) is 47.9 Å². The number of amides is 1. The summed E-state index contributed by atoms with van der Waals surface area (Å²) in [4.78, 5) is 22.1. The van der Waals surface area contributed by atoms with E-state index in [2.05, 4.69) is 32.7 Å². The Balaban J connectivity index is 0.00000243. The highest BCUT2D eigenvalue weighted by Crippen LogP contribution is 2.16. The van der Waals surface area contributed by atoms with Crippen molar-refractivity contribution in [1.29, 1.82) is 0 Å². The third kappa shape index (κ3) is 5.06. The monoisotopic (exact) mass is 467 g/mol. The first-order valence-corrected chi connectivity index (χ1v) is 8.72. The Morgan fingerprint density at radius 3 is 2.69 bits per heavy atom. The van der Waals surface area contributed by atoms with E-state index in [-0.39, 0.29) is 29.9 Å². The Labute approximate surface area is 171 Å². The molecule has 1 fully saturated rings. The molecule has 0 unspecified atom stereocenters. The van der Waals surface area contributed by atoms with E-state index in [0.717, 1.165) is 43.0 Å². The number of benzene rings is 1. The minimum atomic E-state index is 0. The summed E-state index contributed by atoms with van der Waals surface area (Å²) < 4.78 is 0. The summed E-state index contributed by atoms with van der Waals surface area (Å²) in [5.41, 5.74) is 1.01. The quantitative estimate of drug-likeness (QED) is 0.414. The van der Waals surface area contributed by atoms with Crippen LogP contribution in [0.25, 0.3) is 10.8 Å². The summed E-state index contributed by atoms with van der Waals surface area (Å²) in [5.74, 6) is 0.930. The molecule has 1 aromatic carbocycles. The fourth-order valence-corrected chi connectivity index (χ4v) is 3.22. The molecule has 0 bridgehead atoms. The van der Waals surface area contributed by atoms with Gasteiger partial charge in [0.2, 0.25) is 5.91 Å². The SMILES string of the molecule is CN=C(NCc1nccc2ccccc12)NC1CCN(C(C)=O)CC1.I.